The molecule has 2 aromatic heterocycles. The van der Waals surface area contributed by atoms with E-state index in [1.54, 1.807) is 18.4 Å². The number of hydrogen-bond donors (Lipinski definition) is 0. The molecule has 158 valence electrons. The van der Waals surface area contributed by atoms with E-state index in [1.165, 1.54) is 17.6 Å². The number of fused-ring (bicyclic) bond motifs is 1. The number of para-hydroxylation sites is 2. The van der Waals surface area contributed by atoms with E-state index in [2.05, 4.69) is 34.7 Å². The highest BCUT2D eigenvalue weighted by atomic mass is 32.1. The second-order valence-electron chi connectivity index (χ2n) is 7.33. The molecule has 4 rings (SSSR count). The van der Waals surface area contributed by atoms with E-state index >= 15 is 0 Å². The minimum atomic E-state index is -0.328. The summed E-state index contributed by atoms with van der Waals surface area (Å²) in [4.78, 5) is 28.0. The SMILES string of the molecule is COC(=O)Cc1nc(N2CCN(c3ccccc3OC)CC2)c2c(C)c(C)sc2n1. The minimum Gasteiger partial charge on any atom is -0.495 e. The average Bonchev–Trinajstić information content (AvgIpc) is 3.06. The number of rotatable bonds is 5. The quantitative estimate of drug-likeness (QED) is 0.580. The van der Waals surface area contributed by atoms with Crippen LogP contribution in [0.3, 0.4) is 0 Å². The Kier molecular flexibility index (Phi) is 5.76. The van der Waals surface area contributed by atoms with E-state index in [9.17, 15) is 4.79 Å². The molecule has 3 heterocycles. The van der Waals surface area contributed by atoms with Gasteiger partial charge in [0.15, 0.2) is 0 Å². The Bertz CT molecular complexity index is 1070. The topological polar surface area (TPSA) is 67.8 Å². The van der Waals surface area contributed by atoms with Gasteiger partial charge in [-0.1, -0.05) is 12.1 Å². The van der Waals surface area contributed by atoms with Crippen molar-refractivity contribution in [3.05, 3.63) is 40.5 Å². The Balaban J connectivity index is 1.64. The molecule has 0 atom stereocenters. The zero-order valence-electron chi connectivity index (χ0n) is 17.8. The van der Waals surface area contributed by atoms with Crippen LogP contribution in [0.1, 0.15) is 16.3 Å². The van der Waals surface area contributed by atoms with Gasteiger partial charge in [0.05, 0.1) is 25.3 Å². The lowest BCUT2D eigenvalue weighted by Crippen LogP contribution is -2.47. The summed E-state index contributed by atoms with van der Waals surface area (Å²) in [6.07, 6.45) is 0.0800. The van der Waals surface area contributed by atoms with Crippen LogP contribution in [0.5, 0.6) is 5.75 Å². The van der Waals surface area contributed by atoms with E-state index in [4.69, 9.17) is 14.5 Å². The third kappa shape index (κ3) is 3.79. The number of methoxy groups -OCH3 is 2. The molecule has 3 aromatic rings. The molecule has 0 amide bonds. The Morgan fingerprint density at radius 2 is 1.77 bits per heavy atom. The number of benzene rings is 1. The van der Waals surface area contributed by atoms with Crippen LogP contribution in [0.2, 0.25) is 0 Å². The number of aromatic nitrogens is 2. The maximum atomic E-state index is 11.8. The molecule has 1 saturated heterocycles. The molecule has 0 spiro atoms. The summed E-state index contributed by atoms with van der Waals surface area (Å²) in [6.45, 7) is 7.60. The van der Waals surface area contributed by atoms with Crippen LogP contribution in [0.15, 0.2) is 24.3 Å². The summed E-state index contributed by atoms with van der Waals surface area (Å²) in [5.41, 5.74) is 2.32. The largest absolute Gasteiger partial charge is 0.495 e. The van der Waals surface area contributed by atoms with Gasteiger partial charge in [-0.05, 0) is 31.5 Å². The lowest BCUT2D eigenvalue weighted by Gasteiger charge is -2.37. The first-order valence-electron chi connectivity index (χ1n) is 9.98. The summed E-state index contributed by atoms with van der Waals surface area (Å²) in [5.74, 6) is 1.99. The number of carbonyl (C=O) groups is 1. The van der Waals surface area contributed by atoms with Gasteiger partial charge < -0.3 is 19.3 Å². The fourth-order valence-corrected chi connectivity index (χ4v) is 4.87. The molecule has 0 radical (unpaired) electrons. The normalized spacial score (nSPS) is 14.3. The van der Waals surface area contributed by atoms with Gasteiger partial charge in [-0.15, -0.1) is 11.3 Å². The first-order chi connectivity index (χ1) is 14.5. The van der Waals surface area contributed by atoms with Gasteiger partial charge in [0.2, 0.25) is 0 Å². The van der Waals surface area contributed by atoms with E-state index in [0.717, 1.165) is 53.7 Å². The molecule has 0 unspecified atom stereocenters. The lowest BCUT2D eigenvalue weighted by molar-refractivity contribution is -0.139. The summed E-state index contributed by atoms with van der Waals surface area (Å²) >= 11 is 1.65. The molecule has 1 aromatic carbocycles. The van der Waals surface area contributed by atoms with Crippen LogP contribution >= 0.6 is 11.3 Å². The molecule has 1 aliphatic rings. The molecule has 30 heavy (non-hydrogen) atoms. The number of aryl methyl sites for hydroxylation is 2. The molecular formula is C22H26N4O3S. The first kappa shape index (κ1) is 20.4. The molecule has 0 N–H and O–H groups in total. The zero-order chi connectivity index (χ0) is 21.3. The van der Waals surface area contributed by atoms with E-state index in [0.29, 0.717) is 5.82 Å². The monoisotopic (exact) mass is 426 g/mol. The van der Waals surface area contributed by atoms with Gasteiger partial charge >= 0.3 is 5.97 Å². The highest BCUT2D eigenvalue weighted by Gasteiger charge is 2.25. The van der Waals surface area contributed by atoms with Crippen LogP contribution in [0.25, 0.3) is 10.2 Å². The Morgan fingerprint density at radius 1 is 1.07 bits per heavy atom. The van der Waals surface area contributed by atoms with E-state index < -0.39 is 0 Å². The number of carbonyl (C=O) groups excluding carboxylic acids is 1. The van der Waals surface area contributed by atoms with Crippen LogP contribution in [-0.2, 0) is 16.0 Å². The van der Waals surface area contributed by atoms with Crippen LogP contribution in [0, 0.1) is 13.8 Å². The van der Waals surface area contributed by atoms with Crippen molar-refractivity contribution in [3.8, 4) is 5.75 Å². The smallest absolute Gasteiger partial charge is 0.313 e. The minimum absolute atomic E-state index is 0.0800. The predicted octanol–water partition coefficient (Wildman–Crippen LogP) is 3.36. The number of anilines is 2. The summed E-state index contributed by atoms with van der Waals surface area (Å²) in [6, 6.07) is 8.11. The first-order valence-corrected chi connectivity index (χ1v) is 10.8. The third-order valence-corrected chi connectivity index (χ3v) is 6.69. The molecule has 8 heteroatoms. The number of esters is 1. The summed E-state index contributed by atoms with van der Waals surface area (Å²) in [7, 11) is 3.09. The van der Waals surface area contributed by atoms with E-state index in [1.807, 2.05) is 18.2 Å². The number of nitrogens with zero attached hydrogens (tertiary/aromatic N) is 4. The molecule has 7 nitrogen and oxygen atoms in total. The molecule has 1 aliphatic heterocycles. The van der Waals surface area contributed by atoms with Crippen molar-refractivity contribution in [2.45, 2.75) is 20.3 Å². The highest BCUT2D eigenvalue weighted by Crippen LogP contribution is 2.36. The van der Waals surface area contributed by atoms with Crippen molar-refractivity contribution in [1.29, 1.82) is 0 Å². The Labute approximate surface area is 180 Å². The van der Waals surface area contributed by atoms with Crippen LogP contribution in [0.4, 0.5) is 11.5 Å². The van der Waals surface area contributed by atoms with Crippen molar-refractivity contribution in [2.24, 2.45) is 0 Å². The van der Waals surface area contributed by atoms with Gasteiger partial charge in [-0.3, -0.25) is 4.79 Å². The fraction of sp³-hybridized carbons (Fsp3) is 0.409. The fourth-order valence-electron chi connectivity index (χ4n) is 3.83. The van der Waals surface area contributed by atoms with Crippen molar-refractivity contribution >= 4 is 39.0 Å². The van der Waals surface area contributed by atoms with Gasteiger partial charge in [-0.2, -0.15) is 0 Å². The second kappa shape index (κ2) is 8.47. The zero-order valence-corrected chi connectivity index (χ0v) is 18.6. The van der Waals surface area contributed by atoms with Crippen LogP contribution < -0.4 is 14.5 Å². The second-order valence-corrected chi connectivity index (χ2v) is 8.53. The van der Waals surface area contributed by atoms with Gasteiger partial charge in [0.25, 0.3) is 0 Å². The molecule has 0 aliphatic carbocycles. The van der Waals surface area contributed by atoms with Crippen molar-refractivity contribution in [2.75, 3.05) is 50.2 Å². The highest BCUT2D eigenvalue weighted by molar-refractivity contribution is 7.18. The van der Waals surface area contributed by atoms with Crippen molar-refractivity contribution < 1.29 is 14.3 Å². The standard InChI is InChI=1S/C22H26N4O3S/c1-14-15(2)30-22-20(14)21(23-18(24-22)13-19(27)29-4)26-11-9-25(10-12-26)16-7-5-6-8-17(16)28-3/h5-8H,9-13H2,1-4H3. The summed E-state index contributed by atoms with van der Waals surface area (Å²) in [5, 5.41) is 1.09. The maximum Gasteiger partial charge on any atom is 0.313 e. The predicted molar refractivity (Wildman–Crippen MR) is 120 cm³/mol. The van der Waals surface area contributed by atoms with Crippen molar-refractivity contribution in [3.63, 3.8) is 0 Å². The lowest BCUT2D eigenvalue weighted by atomic mass is 10.1. The van der Waals surface area contributed by atoms with Gasteiger partial charge in [0.1, 0.15) is 28.6 Å². The number of piperazine rings is 1. The average molecular weight is 427 g/mol. The van der Waals surface area contributed by atoms with Gasteiger partial charge in [0, 0.05) is 31.1 Å². The Hall–Kier alpha value is -2.87. The Morgan fingerprint density at radius 3 is 2.47 bits per heavy atom. The number of hydrogen-bond acceptors (Lipinski definition) is 8. The molecule has 0 bridgehead atoms. The summed E-state index contributed by atoms with van der Waals surface area (Å²) < 4.78 is 10.3. The van der Waals surface area contributed by atoms with E-state index in [-0.39, 0.29) is 12.4 Å². The number of ether oxygens (including phenoxy) is 2. The molecule has 1 fully saturated rings. The third-order valence-electron chi connectivity index (χ3n) is 5.59. The van der Waals surface area contributed by atoms with Crippen LogP contribution in [-0.4, -0.2) is 56.3 Å². The molecule has 0 saturated carbocycles. The van der Waals surface area contributed by atoms with Gasteiger partial charge in [-0.25, -0.2) is 9.97 Å². The molecular weight excluding hydrogens is 400 g/mol. The maximum absolute atomic E-state index is 11.8. The number of thiophene rings is 1. The van der Waals surface area contributed by atoms with Crippen molar-refractivity contribution in [1.82, 2.24) is 9.97 Å².